The number of likely N-dealkylation sites (tertiary alicyclic amines) is 1. The first-order valence-corrected chi connectivity index (χ1v) is 10.0. The lowest BCUT2D eigenvalue weighted by molar-refractivity contribution is 0.0882. The van der Waals surface area contributed by atoms with Gasteiger partial charge < -0.3 is 9.73 Å². The van der Waals surface area contributed by atoms with Gasteiger partial charge in [0.1, 0.15) is 0 Å². The van der Waals surface area contributed by atoms with Crippen LogP contribution in [0.2, 0.25) is 0 Å². The fourth-order valence-corrected chi connectivity index (χ4v) is 3.94. The van der Waals surface area contributed by atoms with Gasteiger partial charge in [-0.3, -0.25) is 9.69 Å². The maximum atomic E-state index is 12.8. The Morgan fingerprint density at radius 1 is 1.00 bits per heavy atom. The first-order valence-electron chi connectivity index (χ1n) is 10.0. The van der Waals surface area contributed by atoms with Crippen molar-refractivity contribution in [3.05, 3.63) is 84.3 Å². The van der Waals surface area contributed by atoms with Crippen molar-refractivity contribution in [3.8, 4) is 11.1 Å². The highest BCUT2D eigenvalue weighted by molar-refractivity contribution is 5.98. The summed E-state index contributed by atoms with van der Waals surface area (Å²) in [6, 6.07) is 22.6. The van der Waals surface area contributed by atoms with Gasteiger partial charge in [-0.1, -0.05) is 67.1 Å². The van der Waals surface area contributed by atoms with Crippen LogP contribution in [0, 0.1) is 0 Å². The van der Waals surface area contributed by atoms with Gasteiger partial charge in [-0.2, -0.15) is 0 Å². The molecule has 4 heteroatoms. The minimum absolute atomic E-state index is 0.144. The van der Waals surface area contributed by atoms with Crippen molar-refractivity contribution in [1.82, 2.24) is 10.2 Å². The van der Waals surface area contributed by atoms with Gasteiger partial charge in [0, 0.05) is 24.7 Å². The smallest absolute Gasteiger partial charge is 0.287 e. The van der Waals surface area contributed by atoms with Crippen LogP contribution in [0.4, 0.5) is 0 Å². The molecule has 2 aromatic carbocycles. The van der Waals surface area contributed by atoms with E-state index in [2.05, 4.69) is 34.5 Å². The van der Waals surface area contributed by atoms with E-state index in [-0.39, 0.29) is 5.91 Å². The maximum Gasteiger partial charge on any atom is 0.287 e. The van der Waals surface area contributed by atoms with Crippen LogP contribution >= 0.6 is 0 Å². The van der Waals surface area contributed by atoms with E-state index in [1.54, 1.807) is 6.26 Å². The number of hydrogen-bond acceptors (Lipinski definition) is 3. The number of rotatable bonds is 6. The summed E-state index contributed by atoms with van der Waals surface area (Å²) in [6.07, 6.45) is 5.12. The molecule has 0 saturated carbocycles. The molecular weight excluding hydrogens is 348 g/mol. The molecular formula is C24H26N2O2. The zero-order chi connectivity index (χ0) is 19.2. The standard InChI is InChI=1S/C24H26N2O2/c27-24(23-22(14-16-28-23)20-11-5-2-6-12-20)25-17-21-13-7-8-15-26(21)18-19-9-3-1-4-10-19/h1-6,9-12,14,16,21H,7-8,13,15,17-18H2,(H,25,27). The summed E-state index contributed by atoms with van der Waals surface area (Å²) >= 11 is 0. The van der Waals surface area contributed by atoms with Crippen LogP contribution in [0.15, 0.2) is 77.4 Å². The maximum absolute atomic E-state index is 12.8. The number of nitrogens with zero attached hydrogens (tertiary/aromatic N) is 1. The molecule has 1 aliphatic rings. The lowest BCUT2D eigenvalue weighted by atomic mass is 10.0. The van der Waals surface area contributed by atoms with Gasteiger partial charge >= 0.3 is 0 Å². The first kappa shape index (κ1) is 18.5. The van der Waals surface area contributed by atoms with Gasteiger partial charge in [-0.25, -0.2) is 0 Å². The lowest BCUT2D eigenvalue weighted by Gasteiger charge is -2.35. The third-order valence-corrected chi connectivity index (χ3v) is 5.43. The Bertz CT molecular complexity index is 889. The second kappa shape index (κ2) is 8.89. The number of amides is 1. The molecule has 1 unspecified atom stereocenters. The number of benzene rings is 2. The van der Waals surface area contributed by atoms with Crippen molar-refractivity contribution in [3.63, 3.8) is 0 Å². The van der Waals surface area contributed by atoms with Crippen molar-refractivity contribution in [1.29, 1.82) is 0 Å². The predicted molar refractivity (Wildman–Crippen MR) is 111 cm³/mol. The molecule has 28 heavy (non-hydrogen) atoms. The largest absolute Gasteiger partial charge is 0.459 e. The van der Waals surface area contributed by atoms with E-state index < -0.39 is 0 Å². The first-order chi connectivity index (χ1) is 13.8. The summed E-state index contributed by atoms with van der Waals surface area (Å²) in [5, 5.41) is 3.11. The Morgan fingerprint density at radius 2 is 1.75 bits per heavy atom. The van der Waals surface area contributed by atoms with E-state index in [4.69, 9.17) is 4.42 Å². The van der Waals surface area contributed by atoms with E-state index in [9.17, 15) is 4.79 Å². The summed E-state index contributed by atoms with van der Waals surface area (Å²) in [7, 11) is 0. The quantitative estimate of drug-likeness (QED) is 0.678. The Hall–Kier alpha value is -2.85. The van der Waals surface area contributed by atoms with Gasteiger partial charge in [0.2, 0.25) is 0 Å². The summed E-state index contributed by atoms with van der Waals surface area (Å²) in [6.45, 7) is 2.64. The molecule has 1 aliphatic heterocycles. The molecule has 1 aromatic heterocycles. The number of carbonyl (C=O) groups is 1. The summed E-state index contributed by atoms with van der Waals surface area (Å²) in [5.74, 6) is 0.241. The van der Waals surface area contributed by atoms with Gasteiger partial charge in [0.15, 0.2) is 5.76 Å². The molecule has 3 aromatic rings. The summed E-state index contributed by atoms with van der Waals surface area (Å²) < 4.78 is 5.52. The second-order valence-electron chi connectivity index (χ2n) is 7.35. The minimum Gasteiger partial charge on any atom is -0.459 e. The van der Waals surface area contributed by atoms with Crippen LogP contribution < -0.4 is 5.32 Å². The minimum atomic E-state index is -0.144. The monoisotopic (exact) mass is 374 g/mol. The number of carbonyl (C=O) groups excluding carboxylic acids is 1. The average Bonchev–Trinajstić information content (AvgIpc) is 3.24. The number of piperidine rings is 1. The Balaban J connectivity index is 1.41. The fraction of sp³-hybridized carbons (Fsp3) is 0.292. The molecule has 0 bridgehead atoms. The lowest BCUT2D eigenvalue weighted by Crippen LogP contribution is -2.46. The molecule has 0 radical (unpaired) electrons. The van der Waals surface area contributed by atoms with E-state index in [1.807, 2.05) is 42.5 Å². The Kier molecular flexibility index (Phi) is 5.88. The molecule has 2 heterocycles. The Morgan fingerprint density at radius 3 is 2.54 bits per heavy atom. The van der Waals surface area contributed by atoms with Crippen molar-refractivity contribution in [2.24, 2.45) is 0 Å². The van der Waals surface area contributed by atoms with Gasteiger partial charge in [0.25, 0.3) is 5.91 Å². The third-order valence-electron chi connectivity index (χ3n) is 5.43. The van der Waals surface area contributed by atoms with E-state index >= 15 is 0 Å². The van der Waals surface area contributed by atoms with Gasteiger partial charge in [-0.05, 0) is 36.6 Å². The van der Waals surface area contributed by atoms with E-state index in [1.165, 1.54) is 18.4 Å². The number of nitrogens with one attached hydrogen (secondary N) is 1. The highest BCUT2D eigenvalue weighted by Gasteiger charge is 2.24. The SMILES string of the molecule is O=C(NCC1CCCCN1Cc1ccccc1)c1occc1-c1ccccc1. The predicted octanol–water partition coefficient (Wildman–Crippen LogP) is 4.73. The van der Waals surface area contributed by atoms with Crippen LogP contribution in [0.3, 0.4) is 0 Å². The van der Waals surface area contributed by atoms with Crippen molar-refractivity contribution < 1.29 is 9.21 Å². The third kappa shape index (κ3) is 4.34. The van der Waals surface area contributed by atoms with Crippen LogP contribution in [-0.2, 0) is 6.54 Å². The normalized spacial score (nSPS) is 17.4. The number of furan rings is 1. The second-order valence-corrected chi connectivity index (χ2v) is 7.35. The molecule has 0 aliphatic carbocycles. The van der Waals surface area contributed by atoms with Crippen molar-refractivity contribution in [2.45, 2.75) is 31.8 Å². The highest BCUT2D eigenvalue weighted by atomic mass is 16.3. The zero-order valence-electron chi connectivity index (χ0n) is 16.0. The fourth-order valence-electron chi connectivity index (χ4n) is 3.94. The Labute approximate surface area is 166 Å². The van der Waals surface area contributed by atoms with E-state index in [0.29, 0.717) is 18.3 Å². The number of hydrogen-bond donors (Lipinski definition) is 1. The van der Waals surface area contributed by atoms with Crippen molar-refractivity contribution >= 4 is 5.91 Å². The summed E-state index contributed by atoms with van der Waals surface area (Å²) in [4.78, 5) is 15.3. The average molecular weight is 374 g/mol. The highest BCUT2D eigenvalue weighted by Crippen LogP contribution is 2.25. The molecule has 1 N–H and O–H groups in total. The zero-order valence-corrected chi connectivity index (χ0v) is 16.0. The van der Waals surface area contributed by atoms with Crippen LogP contribution in [0.1, 0.15) is 35.4 Å². The molecule has 1 fully saturated rings. The molecule has 144 valence electrons. The molecule has 4 rings (SSSR count). The molecule has 0 spiro atoms. The topological polar surface area (TPSA) is 45.5 Å². The molecule has 1 amide bonds. The van der Waals surface area contributed by atoms with Gasteiger partial charge in [0.05, 0.1) is 6.26 Å². The van der Waals surface area contributed by atoms with Crippen molar-refractivity contribution in [2.75, 3.05) is 13.1 Å². The van der Waals surface area contributed by atoms with Crippen LogP contribution in [-0.4, -0.2) is 29.9 Å². The van der Waals surface area contributed by atoms with Crippen LogP contribution in [0.25, 0.3) is 11.1 Å². The molecule has 1 saturated heterocycles. The van der Waals surface area contributed by atoms with E-state index in [0.717, 1.165) is 30.6 Å². The van der Waals surface area contributed by atoms with Crippen LogP contribution in [0.5, 0.6) is 0 Å². The molecule has 4 nitrogen and oxygen atoms in total. The molecule has 1 atom stereocenters. The van der Waals surface area contributed by atoms with Gasteiger partial charge in [-0.15, -0.1) is 0 Å². The summed E-state index contributed by atoms with van der Waals surface area (Å²) in [5.41, 5.74) is 3.14.